The summed E-state index contributed by atoms with van der Waals surface area (Å²) in [7, 11) is 0. The highest BCUT2D eigenvalue weighted by atomic mass is 15.3. The Balaban J connectivity index is 1.24. The predicted molar refractivity (Wildman–Crippen MR) is 113 cm³/mol. The van der Waals surface area contributed by atoms with E-state index < -0.39 is 0 Å². The number of piperidine rings is 1. The normalized spacial score (nSPS) is 29.0. The topological polar surface area (TPSA) is 59.0 Å². The van der Waals surface area contributed by atoms with Gasteiger partial charge in [-0.1, -0.05) is 6.07 Å². The number of hydrogen-bond donors (Lipinski definition) is 2. The molecular formula is C21H35N7. The number of rotatable bonds is 6. The van der Waals surface area contributed by atoms with Gasteiger partial charge in [-0.3, -0.25) is 24.7 Å². The zero-order chi connectivity index (χ0) is 19.2. The van der Waals surface area contributed by atoms with E-state index in [4.69, 9.17) is 4.99 Å². The lowest BCUT2D eigenvalue weighted by Gasteiger charge is -2.47. The van der Waals surface area contributed by atoms with Crippen LogP contribution in [0.5, 0.6) is 0 Å². The third kappa shape index (κ3) is 5.21. The van der Waals surface area contributed by atoms with Gasteiger partial charge >= 0.3 is 0 Å². The molecule has 5 heterocycles. The van der Waals surface area contributed by atoms with E-state index in [0.717, 1.165) is 57.2 Å². The van der Waals surface area contributed by atoms with Gasteiger partial charge in [0, 0.05) is 77.2 Å². The lowest BCUT2D eigenvalue weighted by atomic mass is 10.0. The van der Waals surface area contributed by atoms with E-state index >= 15 is 0 Å². The van der Waals surface area contributed by atoms with Crippen LogP contribution in [-0.4, -0.2) is 96.6 Å². The van der Waals surface area contributed by atoms with E-state index in [1.54, 1.807) is 0 Å². The summed E-state index contributed by atoms with van der Waals surface area (Å²) in [6, 6.07) is 7.25. The van der Waals surface area contributed by atoms with Crippen LogP contribution in [0.3, 0.4) is 0 Å². The molecule has 4 aliphatic heterocycles. The zero-order valence-corrected chi connectivity index (χ0v) is 17.2. The van der Waals surface area contributed by atoms with E-state index in [0.29, 0.717) is 12.1 Å². The Morgan fingerprint density at radius 3 is 2.61 bits per heavy atom. The molecule has 4 aliphatic rings. The molecule has 28 heavy (non-hydrogen) atoms. The molecular weight excluding hydrogens is 350 g/mol. The number of hydrogen-bond acceptors (Lipinski definition) is 5. The molecule has 7 heteroatoms. The number of piperazine rings is 3. The van der Waals surface area contributed by atoms with Gasteiger partial charge < -0.3 is 10.6 Å². The van der Waals surface area contributed by atoms with Crippen molar-refractivity contribution in [3.05, 3.63) is 30.1 Å². The molecule has 1 atom stereocenters. The SMILES string of the molecule is CCNC(=NCC1CN2CCN1CC2)NC1CCN(Cc2ccccn2)CC1. The molecule has 1 aromatic rings. The maximum absolute atomic E-state index is 4.94. The minimum atomic E-state index is 0.504. The van der Waals surface area contributed by atoms with E-state index in [9.17, 15) is 0 Å². The van der Waals surface area contributed by atoms with Crippen LogP contribution < -0.4 is 10.6 Å². The molecule has 2 N–H and O–H groups in total. The number of aliphatic imine (C=N–C) groups is 1. The summed E-state index contributed by atoms with van der Waals surface area (Å²) in [6.07, 6.45) is 4.19. The first-order chi connectivity index (χ1) is 13.8. The van der Waals surface area contributed by atoms with Crippen molar-refractivity contribution in [2.24, 2.45) is 4.99 Å². The summed E-state index contributed by atoms with van der Waals surface area (Å²) < 4.78 is 0. The van der Waals surface area contributed by atoms with E-state index in [2.05, 4.69) is 49.4 Å². The second kappa shape index (κ2) is 9.67. The lowest BCUT2D eigenvalue weighted by Crippen LogP contribution is -2.62. The molecule has 4 saturated heterocycles. The number of fused-ring (bicyclic) bond motifs is 3. The van der Waals surface area contributed by atoms with Crippen molar-refractivity contribution in [2.75, 3.05) is 58.9 Å². The van der Waals surface area contributed by atoms with Crippen LogP contribution in [0, 0.1) is 0 Å². The number of nitrogens with zero attached hydrogens (tertiary/aromatic N) is 5. The molecule has 0 aromatic carbocycles. The van der Waals surface area contributed by atoms with Crippen LogP contribution >= 0.6 is 0 Å². The van der Waals surface area contributed by atoms with Crippen molar-refractivity contribution in [3.8, 4) is 0 Å². The van der Waals surface area contributed by atoms with Crippen molar-refractivity contribution in [1.82, 2.24) is 30.3 Å². The predicted octanol–water partition coefficient (Wildman–Crippen LogP) is 0.601. The van der Waals surface area contributed by atoms with Gasteiger partial charge in [0.15, 0.2) is 5.96 Å². The number of likely N-dealkylation sites (tertiary alicyclic amines) is 1. The van der Waals surface area contributed by atoms with Gasteiger partial charge in [0.05, 0.1) is 12.2 Å². The third-order valence-electron chi connectivity index (χ3n) is 6.24. The monoisotopic (exact) mass is 385 g/mol. The fourth-order valence-electron chi connectivity index (χ4n) is 4.56. The molecule has 1 unspecified atom stereocenters. The Hall–Kier alpha value is -1.70. The van der Waals surface area contributed by atoms with Gasteiger partial charge in [-0.25, -0.2) is 0 Å². The fraction of sp³-hybridized carbons (Fsp3) is 0.714. The summed E-state index contributed by atoms with van der Waals surface area (Å²) >= 11 is 0. The molecule has 7 nitrogen and oxygen atoms in total. The first kappa shape index (κ1) is 19.6. The van der Waals surface area contributed by atoms with Gasteiger partial charge in [0.25, 0.3) is 0 Å². The molecule has 0 spiro atoms. The lowest BCUT2D eigenvalue weighted by molar-refractivity contribution is 0.0174. The van der Waals surface area contributed by atoms with Gasteiger partial charge in [-0.05, 0) is 31.9 Å². The molecule has 5 rings (SSSR count). The highest BCUT2D eigenvalue weighted by Gasteiger charge is 2.31. The largest absolute Gasteiger partial charge is 0.357 e. The minimum Gasteiger partial charge on any atom is -0.357 e. The van der Waals surface area contributed by atoms with Crippen LogP contribution in [0.1, 0.15) is 25.5 Å². The van der Waals surface area contributed by atoms with Crippen molar-refractivity contribution < 1.29 is 0 Å². The Bertz CT molecular complexity index is 619. The summed E-state index contributed by atoms with van der Waals surface area (Å²) in [5.41, 5.74) is 1.16. The molecule has 154 valence electrons. The Kier molecular flexibility index (Phi) is 6.77. The average Bonchev–Trinajstić information content (AvgIpc) is 2.75. The summed E-state index contributed by atoms with van der Waals surface area (Å²) in [5, 5.41) is 7.14. The molecule has 0 amide bonds. The van der Waals surface area contributed by atoms with Gasteiger partial charge in [-0.15, -0.1) is 0 Å². The second-order valence-electron chi connectivity index (χ2n) is 8.23. The summed E-state index contributed by atoms with van der Waals surface area (Å²) in [5.74, 6) is 0.989. The quantitative estimate of drug-likeness (QED) is 0.553. The highest BCUT2D eigenvalue weighted by molar-refractivity contribution is 5.80. The van der Waals surface area contributed by atoms with E-state index in [1.165, 1.54) is 32.7 Å². The van der Waals surface area contributed by atoms with Crippen LogP contribution in [0.2, 0.25) is 0 Å². The van der Waals surface area contributed by atoms with Crippen molar-refractivity contribution in [1.29, 1.82) is 0 Å². The van der Waals surface area contributed by atoms with Crippen molar-refractivity contribution >= 4 is 5.96 Å². The number of nitrogens with one attached hydrogen (secondary N) is 2. The molecule has 0 aliphatic carbocycles. The Labute approximate surface area is 169 Å². The highest BCUT2D eigenvalue weighted by Crippen LogP contribution is 2.16. The van der Waals surface area contributed by atoms with E-state index in [-0.39, 0.29) is 0 Å². The third-order valence-corrected chi connectivity index (χ3v) is 6.24. The van der Waals surface area contributed by atoms with Crippen molar-refractivity contribution in [2.45, 2.75) is 38.4 Å². The maximum atomic E-state index is 4.94. The van der Waals surface area contributed by atoms with Gasteiger partial charge in [-0.2, -0.15) is 0 Å². The van der Waals surface area contributed by atoms with Crippen molar-refractivity contribution in [3.63, 3.8) is 0 Å². The van der Waals surface area contributed by atoms with Crippen LogP contribution in [0.25, 0.3) is 0 Å². The van der Waals surface area contributed by atoms with Crippen LogP contribution in [0.4, 0.5) is 0 Å². The fourth-order valence-corrected chi connectivity index (χ4v) is 4.56. The number of guanidine groups is 1. The minimum absolute atomic E-state index is 0.504. The van der Waals surface area contributed by atoms with Gasteiger partial charge in [0.1, 0.15) is 0 Å². The Morgan fingerprint density at radius 2 is 1.96 bits per heavy atom. The molecule has 2 bridgehead atoms. The summed E-state index contributed by atoms with van der Waals surface area (Å²) in [4.78, 5) is 17.1. The first-order valence-corrected chi connectivity index (χ1v) is 10.9. The maximum Gasteiger partial charge on any atom is 0.191 e. The first-order valence-electron chi connectivity index (χ1n) is 10.9. The Morgan fingerprint density at radius 1 is 1.14 bits per heavy atom. The second-order valence-corrected chi connectivity index (χ2v) is 8.23. The smallest absolute Gasteiger partial charge is 0.191 e. The molecule has 0 saturated carbocycles. The standard InChI is InChI=1S/C21H35N7/c1-2-22-21(24-15-20-17-27-11-13-28(20)14-12-27)25-18-6-9-26(10-7-18)16-19-5-3-4-8-23-19/h3-5,8,18,20H,2,6-7,9-17H2,1H3,(H2,22,24,25). The molecule has 0 radical (unpaired) electrons. The molecule has 4 fully saturated rings. The summed E-state index contributed by atoms with van der Waals surface area (Å²) in [6.45, 7) is 13.2. The molecule has 1 aromatic heterocycles. The average molecular weight is 386 g/mol. The number of pyridine rings is 1. The number of aromatic nitrogens is 1. The van der Waals surface area contributed by atoms with E-state index in [1.807, 2.05) is 12.3 Å². The van der Waals surface area contributed by atoms with Crippen LogP contribution in [0.15, 0.2) is 29.4 Å². The van der Waals surface area contributed by atoms with Crippen LogP contribution in [-0.2, 0) is 6.54 Å². The van der Waals surface area contributed by atoms with Gasteiger partial charge in [0.2, 0.25) is 0 Å². The zero-order valence-electron chi connectivity index (χ0n) is 17.2.